The van der Waals surface area contributed by atoms with Crippen molar-refractivity contribution in [3.8, 4) is 11.5 Å². The topological polar surface area (TPSA) is 91.6 Å². The van der Waals surface area contributed by atoms with Crippen LogP contribution in [-0.2, 0) is 9.53 Å². The zero-order chi connectivity index (χ0) is 20.4. The molecule has 0 amide bonds. The van der Waals surface area contributed by atoms with Gasteiger partial charge in [-0.05, 0) is 45.0 Å². The zero-order valence-electron chi connectivity index (χ0n) is 16.1. The Morgan fingerprint density at radius 2 is 1.78 bits per heavy atom. The third kappa shape index (κ3) is 7.68. The van der Waals surface area contributed by atoms with Gasteiger partial charge in [0.15, 0.2) is 0 Å². The second-order valence-electron chi connectivity index (χ2n) is 6.13. The van der Waals surface area contributed by atoms with Crippen LogP contribution in [0.15, 0.2) is 48.8 Å². The van der Waals surface area contributed by atoms with Crippen molar-refractivity contribution >= 4 is 17.7 Å². The molecule has 0 bridgehead atoms. The number of nitro groups is 1. The van der Waals surface area contributed by atoms with Gasteiger partial charge in [0.2, 0.25) is 0 Å². The first-order valence-electron chi connectivity index (χ1n) is 8.52. The van der Waals surface area contributed by atoms with Gasteiger partial charge < -0.3 is 9.47 Å². The zero-order valence-corrected chi connectivity index (χ0v) is 16.1. The Morgan fingerprint density at radius 1 is 1.15 bits per heavy atom. The van der Waals surface area contributed by atoms with Crippen molar-refractivity contribution < 1.29 is 19.2 Å². The molecule has 1 aromatic carbocycles. The maximum atomic E-state index is 11.8. The van der Waals surface area contributed by atoms with Crippen LogP contribution in [0.4, 0.5) is 5.69 Å². The Labute approximate surface area is 158 Å². The molecule has 7 nitrogen and oxygen atoms in total. The largest absolute Gasteiger partial charge is 0.457 e. The van der Waals surface area contributed by atoms with E-state index < -0.39 is 16.5 Å². The molecule has 0 aliphatic carbocycles. The van der Waals surface area contributed by atoms with Gasteiger partial charge in [-0.2, -0.15) is 0 Å². The molecule has 7 heteroatoms. The highest BCUT2D eigenvalue weighted by molar-refractivity contribution is 5.87. The number of hydrogen-bond acceptors (Lipinski definition) is 6. The second kappa shape index (κ2) is 10.1. The van der Waals surface area contributed by atoms with Gasteiger partial charge in [0.05, 0.1) is 4.92 Å². The number of benzene rings is 1. The van der Waals surface area contributed by atoms with E-state index >= 15 is 0 Å². The van der Waals surface area contributed by atoms with Crippen LogP contribution < -0.4 is 4.74 Å². The fourth-order valence-electron chi connectivity index (χ4n) is 1.87. The van der Waals surface area contributed by atoms with Gasteiger partial charge in [-0.1, -0.05) is 13.8 Å². The number of pyridine rings is 1. The summed E-state index contributed by atoms with van der Waals surface area (Å²) >= 11 is 0. The number of carbonyl (C=O) groups excluding carboxylic acids is 1. The molecule has 0 saturated carbocycles. The van der Waals surface area contributed by atoms with Gasteiger partial charge in [0, 0.05) is 36.2 Å². The number of esters is 1. The molecule has 27 heavy (non-hydrogen) atoms. The third-order valence-electron chi connectivity index (χ3n) is 2.89. The summed E-state index contributed by atoms with van der Waals surface area (Å²) in [6, 6.07) is 7.34. The highest BCUT2D eigenvalue weighted by Crippen LogP contribution is 2.27. The van der Waals surface area contributed by atoms with Gasteiger partial charge in [0.25, 0.3) is 5.69 Å². The number of aromatic nitrogens is 1. The van der Waals surface area contributed by atoms with E-state index in [9.17, 15) is 14.9 Å². The second-order valence-corrected chi connectivity index (χ2v) is 6.13. The number of nitro benzene ring substituents is 1. The molecule has 1 aromatic heterocycles. The van der Waals surface area contributed by atoms with E-state index in [1.807, 2.05) is 13.8 Å². The Kier molecular flexibility index (Phi) is 8.13. The molecule has 2 aromatic rings. The SMILES string of the molecule is CC.CC(C)(C)OC(=O)/C=C/c1cnccc1Oc1ccc([N+](=O)[O-])cc1. The van der Waals surface area contributed by atoms with Gasteiger partial charge in [-0.15, -0.1) is 0 Å². The van der Waals surface area contributed by atoms with E-state index in [1.54, 1.807) is 45.3 Å². The molecular formula is C20H24N2O5. The van der Waals surface area contributed by atoms with Crippen molar-refractivity contribution in [2.24, 2.45) is 0 Å². The Balaban J connectivity index is 0.00000176. The predicted molar refractivity (Wildman–Crippen MR) is 104 cm³/mol. The fraction of sp³-hybridized carbons (Fsp3) is 0.300. The quantitative estimate of drug-likeness (QED) is 0.311. The minimum Gasteiger partial charge on any atom is -0.457 e. The molecule has 0 atom stereocenters. The molecule has 1 heterocycles. The standard InChI is InChI=1S/C18H18N2O5.C2H6/c1-18(2,3)25-17(21)9-4-13-12-19-11-10-16(13)24-15-7-5-14(6-8-15)20(22)23;1-2/h4-12H,1-3H3;1-2H3/b9-4+;. The van der Waals surface area contributed by atoms with Crippen LogP contribution in [0.5, 0.6) is 11.5 Å². The van der Waals surface area contributed by atoms with E-state index in [4.69, 9.17) is 9.47 Å². The van der Waals surface area contributed by atoms with E-state index in [1.165, 1.54) is 30.3 Å². The summed E-state index contributed by atoms with van der Waals surface area (Å²) in [5.74, 6) is 0.421. The number of rotatable bonds is 5. The molecule has 0 aliphatic rings. The van der Waals surface area contributed by atoms with Crippen LogP contribution in [-0.4, -0.2) is 21.5 Å². The third-order valence-corrected chi connectivity index (χ3v) is 2.89. The molecule has 144 valence electrons. The smallest absolute Gasteiger partial charge is 0.331 e. The monoisotopic (exact) mass is 372 g/mol. The van der Waals surface area contributed by atoms with E-state index in [0.717, 1.165) is 0 Å². The molecule has 2 rings (SSSR count). The highest BCUT2D eigenvalue weighted by Gasteiger charge is 2.14. The van der Waals surface area contributed by atoms with Crippen molar-refractivity contribution in [1.29, 1.82) is 0 Å². The van der Waals surface area contributed by atoms with Crippen molar-refractivity contribution in [3.63, 3.8) is 0 Å². The van der Waals surface area contributed by atoms with Gasteiger partial charge in [-0.3, -0.25) is 15.1 Å². The van der Waals surface area contributed by atoms with Crippen molar-refractivity contribution in [3.05, 3.63) is 64.5 Å². The van der Waals surface area contributed by atoms with Crippen molar-refractivity contribution in [2.75, 3.05) is 0 Å². The Bertz CT molecular complexity index is 793. The molecule has 0 saturated heterocycles. The molecule has 0 N–H and O–H groups in total. The van der Waals surface area contributed by atoms with Crippen LogP contribution >= 0.6 is 0 Å². The average Bonchev–Trinajstić information content (AvgIpc) is 2.62. The maximum absolute atomic E-state index is 11.8. The number of ether oxygens (including phenoxy) is 2. The van der Waals surface area contributed by atoms with Crippen molar-refractivity contribution in [1.82, 2.24) is 4.98 Å². The number of hydrogen-bond donors (Lipinski definition) is 0. The van der Waals surface area contributed by atoms with Crippen LogP contribution in [0.2, 0.25) is 0 Å². The number of nitrogens with zero attached hydrogens (tertiary/aromatic N) is 2. The molecule has 0 radical (unpaired) electrons. The van der Waals surface area contributed by atoms with Crippen LogP contribution in [0.25, 0.3) is 6.08 Å². The lowest BCUT2D eigenvalue weighted by atomic mass is 10.2. The van der Waals surface area contributed by atoms with Crippen LogP contribution in [0.1, 0.15) is 40.2 Å². The van der Waals surface area contributed by atoms with E-state index in [-0.39, 0.29) is 5.69 Å². The number of carbonyl (C=O) groups is 1. The predicted octanol–water partition coefficient (Wildman–Crippen LogP) is 5.16. The van der Waals surface area contributed by atoms with Crippen molar-refractivity contribution in [2.45, 2.75) is 40.2 Å². The molecular weight excluding hydrogens is 348 g/mol. The molecule has 0 aliphatic heterocycles. The molecule has 0 fully saturated rings. The summed E-state index contributed by atoms with van der Waals surface area (Å²) in [7, 11) is 0. The van der Waals surface area contributed by atoms with E-state index in [0.29, 0.717) is 17.1 Å². The lowest BCUT2D eigenvalue weighted by Crippen LogP contribution is -2.22. The first kappa shape index (κ1) is 21.8. The summed E-state index contributed by atoms with van der Waals surface area (Å²) in [5.41, 5.74) is -0.0205. The normalized spacial score (nSPS) is 10.7. The molecule has 0 spiro atoms. The van der Waals surface area contributed by atoms with E-state index in [2.05, 4.69) is 4.98 Å². The van der Waals surface area contributed by atoms with Gasteiger partial charge in [0.1, 0.15) is 17.1 Å². The first-order valence-corrected chi connectivity index (χ1v) is 8.52. The minimum absolute atomic E-state index is 0.0212. The Morgan fingerprint density at radius 3 is 2.33 bits per heavy atom. The van der Waals surface area contributed by atoms with Gasteiger partial charge in [-0.25, -0.2) is 4.79 Å². The highest BCUT2D eigenvalue weighted by atomic mass is 16.6. The summed E-state index contributed by atoms with van der Waals surface area (Å²) in [6.07, 6.45) is 5.93. The summed E-state index contributed by atoms with van der Waals surface area (Å²) in [5, 5.41) is 10.7. The lowest BCUT2D eigenvalue weighted by molar-refractivity contribution is -0.384. The fourth-order valence-corrected chi connectivity index (χ4v) is 1.87. The van der Waals surface area contributed by atoms with Crippen LogP contribution in [0.3, 0.4) is 0 Å². The summed E-state index contributed by atoms with van der Waals surface area (Å²) in [6.45, 7) is 9.35. The average molecular weight is 372 g/mol. The Hall–Kier alpha value is -3.22. The van der Waals surface area contributed by atoms with Crippen LogP contribution in [0, 0.1) is 10.1 Å². The maximum Gasteiger partial charge on any atom is 0.331 e. The molecule has 0 unspecified atom stereocenters. The van der Waals surface area contributed by atoms with Gasteiger partial charge >= 0.3 is 5.97 Å². The first-order chi connectivity index (χ1) is 12.7. The lowest BCUT2D eigenvalue weighted by Gasteiger charge is -2.17. The summed E-state index contributed by atoms with van der Waals surface area (Å²) in [4.78, 5) is 26.0. The minimum atomic E-state index is -0.575. The number of non-ortho nitro benzene ring substituents is 1. The summed E-state index contributed by atoms with van der Waals surface area (Å²) < 4.78 is 10.9.